The minimum atomic E-state index is -0.0470. The summed E-state index contributed by atoms with van der Waals surface area (Å²) in [4.78, 5) is 20.4. The number of hydrogen-bond acceptors (Lipinski definition) is 5. The van der Waals surface area contributed by atoms with Crippen molar-refractivity contribution in [3.05, 3.63) is 56.9 Å². The number of carbonyl (C=O) groups excluding carboxylic acids is 1. The molecule has 1 atom stereocenters. The molecule has 5 nitrogen and oxygen atoms in total. The molecule has 30 heavy (non-hydrogen) atoms. The first-order valence-corrected chi connectivity index (χ1v) is 11.3. The molecule has 0 aliphatic carbocycles. The van der Waals surface area contributed by atoms with Crippen LogP contribution >= 0.6 is 27.7 Å². The monoisotopic (exact) mass is 488 g/mol. The van der Waals surface area contributed by atoms with Gasteiger partial charge in [-0.05, 0) is 72.2 Å². The van der Waals surface area contributed by atoms with E-state index >= 15 is 0 Å². The molecular weight excluding hydrogens is 464 g/mol. The molecule has 0 bridgehead atoms. The van der Waals surface area contributed by atoms with Crippen molar-refractivity contribution in [1.29, 1.82) is 0 Å². The number of aliphatic imine (C=N–C) groups is 1. The van der Waals surface area contributed by atoms with Crippen LogP contribution in [0.3, 0.4) is 0 Å². The molecule has 0 unspecified atom stereocenters. The molecule has 1 heterocycles. The SMILES string of the molecule is CC[C@H](C)N1C(=O)/C(=C\c2cc(Br)c(OC)cc2OC)SC1=Nc1ccc(C)cc1. The molecule has 0 aromatic heterocycles. The third-order valence-corrected chi connectivity index (χ3v) is 6.52. The van der Waals surface area contributed by atoms with Crippen LogP contribution in [0.2, 0.25) is 0 Å². The molecular formula is C23H25BrN2O3S. The average Bonchev–Trinajstić information content (AvgIpc) is 3.04. The zero-order valence-corrected chi connectivity index (χ0v) is 20.1. The number of halogens is 1. The van der Waals surface area contributed by atoms with Gasteiger partial charge in [0.25, 0.3) is 5.91 Å². The van der Waals surface area contributed by atoms with E-state index in [4.69, 9.17) is 14.5 Å². The van der Waals surface area contributed by atoms with Gasteiger partial charge >= 0.3 is 0 Å². The lowest BCUT2D eigenvalue weighted by Crippen LogP contribution is -2.36. The Bertz CT molecular complexity index is 1000. The van der Waals surface area contributed by atoms with Crippen molar-refractivity contribution in [3.8, 4) is 11.5 Å². The van der Waals surface area contributed by atoms with Crippen molar-refractivity contribution in [1.82, 2.24) is 4.90 Å². The Morgan fingerprint density at radius 1 is 1.17 bits per heavy atom. The van der Waals surface area contributed by atoms with Gasteiger partial charge in [0.05, 0.1) is 29.3 Å². The smallest absolute Gasteiger partial charge is 0.267 e. The van der Waals surface area contributed by atoms with Crippen molar-refractivity contribution < 1.29 is 14.3 Å². The van der Waals surface area contributed by atoms with Gasteiger partial charge < -0.3 is 9.47 Å². The molecule has 1 saturated heterocycles. The summed E-state index contributed by atoms with van der Waals surface area (Å²) >= 11 is 4.89. The molecule has 2 aromatic rings. The van der Waals surface area contributed by atoms with Gasteiger partial charge in [-0.25, -0.2) is 4.99 Å². The molecule has 0 radical (unpaired) electrons. The highest BCUT2D eigenvalue weighted by Crippen LogP contribution is 2.39. The average molecular weight is 489 g/mol. The normalized spacial score (nSPS) is 17.7. The van der Waals surface area contributed by atoms with Crippen LogP contribution in [0, 0.1) is 6.92 Å². The summed E-state index contributed by atoms with van der Waals surface area (Å²) in [5.41, 5.74) is 2.79. The quantitative estimate of drug-likeness (QED) is 0.455. The van der Waals surface area contributed by atoms with E-state index in [1.165, 1.54) is 17.3 Å². The summed E-state index contributed by atoms with van der Waals surface area (Å²) in [6.07, 6.45) is 2.69. The lowest BCUT2D eigenvalue weighted by molar-refractivity contribution is -0.123. The maximum atomic E-state index is 13.3. The van der Waals surface area contributed by atoms with E-state index < -0.39 is 0 Å². The van der Waals surface area contributed by atoms with E-state index in [1.807, 2.05) is 50.3 Å². The number of benzene rings is 2. The first kappa shape index (κ1) is 22.4. The van der Waals surface area contributed by atoms with Gasteiger partial charge in [0, 0.05) is 17.7 Å². The standard InChI is InChI=1S/C23H25BrN2O3S/c1-6-15(3)26-22(27)21(30-23(26)25-17-9-7-14(2)8-10-17)12-16-11-18(24)20(29-5)13-19(16)28-4/h7-13,15H,6H2,1-5H3/b21-12+,25-23?/t15-/m0/s1. The second-order valence-electron chi connectivity index (χ2n) is 7.00. The summed E-state index contributed by atoms with van der Waals surface area (Å²) in [5, 5.41) is 0.691. The number of hydrogen-bond donors (Lipinski definition) is 0. The van der Waals surface area contributed by atoms with E-state index in [1.54, 1.807) is 25.2 Å². The molecule has 3 rings (SSSR count). The fourth-order valence-electron chi connectivity index (χ4n) is 3.00. The number of rotatable bonds is 6. The summed E-state index contributed by atoms with van der Waals surface area (Å²) in [7, 11) is 3.20. The predicted octanol–water partition coefficient (Wildman–Crippen LogP) is 6.18. The van der Waals surface area contributed by atoms with Crippen molar-refractivity contribution in [2.75, 3.05) is 14.2 Å². The Balaban J connectivity index is 2.03. The summed E-state index contributed by atoms with van der Waals surface area (Å²) in [6, 6.07) is 11.7. The largest absolute Gasteiger partial charge is 0.496 e. The molecule has 0 N–H and O–H groups in total. The number of methoxy groups -OCH3 is 2. The van der Waals surface area contributed by atoms with E-state index in [9.17, 15) is 4.79 Å². The zero-order valence-electron chi connectivity index (χ0n) is 17.7. The predicted molar refractivity (Wildman–Crippen MR) is 128 cm³/mol. The lowest BCUT2D eigenvalue weighted by Gasteiger charge is -2.22. The highest BCUT2D eigenvalue weighted by molar-refractivity contribution is 9.10. The van der Waals surface area contributed by atoms with Crippen molar-refractivity contribution in [3.63, 3.8) is 0 Å². The Morgan fingerprint density at radius 3 is 2.43 bits per heavy atom. The molecule has 1 amide bonds. The molecule has 1 aliphatic heterocycles. The van der Waals surface area contributed by atoms with Crippen LogP contribution < -0.4 is 9.47 Å². The van der Waals surface area contributed by atoms with Gasteiger partial charge in [0.15, 0.2) is 5.17 Å². The number of ether oxygens (including phenoxy) is 2. The first-order valence-electron chi connectivity index (χ1n) is 9.67. The number of nitrogens with zero attached hydrogens (tertiary/aromatic N) is 2. The zero-order chi connectivity index (χ0) is 21.8. The maximum Gasteiger partial charge on any atom is 0.267 e. The van der Waals surface area contributed by atoms with Crippen molar-refractivity contribution in [2.24, 2.45) is 4.99 Å². The second-order valence-corrected chi connectivity index (χ2v) is 8.87. The molecule has 2 aromatic carbocycles. The molecule has 7 heteroatoms. The maximum absolute atomic E-state index is 13.3. The van der Waals surface area contributed by atoms with Gasteiger partial charge in [0.2, 0.25) is 0 Å². The highest BCUT2D eigenvalue weighted by Gasteiger charge is 2.36. The van der Waals surface area contributed by atoms with E-state index in [-0.39, 0.29) is 11.9 Å². The number of carbonyl (C=O) groups is 1. The van der Waals surface area contributed by atoms with Crippen LogP contribution in [0.4, 0.5) is 5.69 Å². The van der Waals surface area contributed by atoms with Crippen LogP contribution in [-0.2, 0) is 4.79 Å². The van der Waals surface area contributed by atoms with Crippen LogP contribution in [0.15, 0.2) is 50.8 Å². The van der Waals surface area contributed by atoms with E-state index in [2.05, 4.69) is 22.9 Å². The molecule has 1 aliphatic rings. The number of aryl methyl sites for hydroxylation is 1. The van der Waals surface area contributed by atoms with Crippen molar-refractivity contribution >= 4 is 50.5 Å². The van der Waals surface area contributed by atoms with Crippen LogP contribution in [-0.4, -0.2) is 36.2 Å². The minimum absolute atomic E-state index is 0.0459. The van der Waals surface area contributed by atoms with Gasteiger partial charge in [-0.15, -0.1) is 0 Å². The highest BCUT2D eigenvalue weighted by atomic mass is 79.9. The second kappa shape index (κ2) is 9.71. The number of amides is 1. The van der Waals surface area contributed by atoms with E-state index in [0.717, 1.165) is 22.1 Å². The minimum Gasteiger partial charge on any atom is -0.496 e. The van der Waals surface area contributed by atoms with E-state index in [0.29, 0.717) is 21.6 Å². The van der Waals surface area contributed by atoms with Gasteiger partial charge in [0.1, 0.15) is 11.5 Å². The van der Waals surface area contributed by atoms with Gasteiger partial charge in [-0.2, -0.15) is 0 Å². The molecule has 0 saturated carbocycles. The Labute approximate surface area is 190 Å². The Kier molecular flexibility index (Phi) is 7.26. The fraction of sp³-hybridized carbons (Fsp3) is 0.304. The summed E-state index contributed by atoms with van der Waals surface area (Å²) in [5.74, 6) is 1.26. The fourth-order valence-corrected chi connectivity index (χ4v) is 4.61. The number of amidine groups is 1. The topological polar surface area (TPSA) is 51.1 Å². The van der Waals surface area contributed by atoms with Crippen LogP contribution in [0.1, 0.15) is 31.4 Å². The number of thioether (sulfide) groups is 1. The van der Waals surface area contributed by atoms with Crippen molar-refractivity contribution in [2.45, 2.75) is 33.2 Å². The summed E-state index contributed by atoms with van der Waals surface area (Å²) in [6.45, 7) is 6.14. The molecule has 1 fully saturated rings. The third-order valence-electron chi connectivity index (χ3n) is 4.92. The molecule has 158 valence electrons. The van der Waals surface area contributed by atoms with Crippen LogP contribution in [0.5, 0.6) is 11.5 Å². The Morgan fingerprint density at radius 2 is 1.83 bits per heavy atom. The lowest BCUT2D eigenvalue weighted by atomic mass is 10.1. The first-order chi connectivity index (χ1) is 14.4. The Hall–Kier alpha value is -2.25. The van der Waals surface area contributed by atoms with Gasteiger partial charge in [-0.3, -0.25) is 9.69 Å². The summed E-state index contributed by atoms with van der Waals surface area (Å²) < 4.78 is 11.6. The van der Waals surface area contributed by atoms with Crippen LogP contribution in [0.25, 0.3) is 6.08 Å². The molecule has 0 spiro atoms. The van der Waals surface area contributed by atoms with Gasteiger partial charge in [-0.1, -0.05) is 24.6 Å². The third kappa shape index (κ3) is 4.73.